The molecule has 2 aromatic carbocycles. The second-order valence-corrected chi connectivity index (χ2v) is 8.42. The number of sulfonamides is 1. The molecule has 0 spiro atoms. The van der Waals surface area contributed by atoms with Gasteiger partial charge in [0.15, 0.2) is 0 Å². The van der Waals surface area contributed by atoms with Gasteiger partial charge in [-0.25, -0.2) is 13.8 Å². The van der Waals surface area contributed by atoms with Crippen LogP contribution in [0.1, 0.15) is 15.9 Å². The smallest absolute Gasteiger partial charge is 0.273 e. The van der Waals surface area contributed by atoms with E-state index in [9.17, 15) is 13.2 Å². The summed E-state index contributed by atoms with van der Waals surface area (Å²) in [5, 5.41) is 5.59. The number of thiophene rings is 1. The van der Waals surface area contributed by atoms with Crippen LogP contribution >= 0.6 is 11.3 Å². The summed E-state index contributed by atoms with van der Waals surface area (Å²) >= 11 is 1.09. The average molecular weight is 415 g/mol. The molecule has 3 aromatic rings. The van der Waals surface area contributed by atoms with Crippen LogP contribution < -0.4 is 14.9 Å². The van der Waals surface area contributed by atoms with Crippen LogP contribution in [-0.2, 0) is 10.0 Å². The Balaban J connectivity index is 1.75. The lowest BCUT2D eigenvalue weighted by atomic mass is 10.2. The van der Waals surface area contributed by atoms with Crippen molar-refractivity contribution in [1.82, 2.24) is 5.43 Å². The number of carbonyl (C=O) groups is 1. The van der Waals surface area contributed by atoms with Crippen molar-refractivity contribution in [2.45, 2.75) is 4.21 Å². The molecule has 7 nitrogen and oxygen atoms in total. The van der Waals surface area contributed by atoms with Crippen LogP contribution in [0.4, 0.5) is 5.69 Å². The molecule has 0 aliphatic carbocycles. The lowest BCUT2D eigenvalue weighted by Crippen LogP contribution is -2.21. The summed E-state index contributed by atoms with van der Waals surface area (Å²) < 4.78 is 32.6. The monoisotopic (exact) mass is 415 g/mol. The molecule has 0 fully saturated rings. The van der Waals surface area contributed by atoms with Crippen LogP contribution in [0.3, 0.4) is 0 Å². The summed E-state index contributed by atoms with van der Waals surface area (Å²) in [6, 6.07) is 16.6. The summed E-state index contributed by atoms with van der Waals surface area (Å²) in [6.07, 6.45) is 1.47. The van der Waals surface area contributed by atoms with Gasteiger partial charge in [0.2, 0.25) is 0 Å². The fraction of sp³-hybridized carbons (Fsp3) is 0.0526. The maximum Gasteiger partial charge on any atom is 0.273 e. The Morgan fingerprint density at radius 3 is 2.68 bits per heavy atom. The molecule has 0 saturated carbocycles. The molecule has 0 saturated heterocycles. The zero-order chi connectivity index (χ0) is 20.0. The van der Waals surface area contributed by atoms with E-state index in [4.69, 9.17) is 4.74 Å². The van der Waals surface area contributed by atoms with Crippen molar-refractivity contribution in [1.29, 1.82) is 0 Å². The molecule has 1 heterocycles. The molecular weight excluding hydrogens is 398 g/mol. The highest BCUT2D eigenvalue weighted by atomic mass is 32.2. The maximum absolute atomic E-state index is 12.5. The Morgan fingerprint density at radius 1 is 1.11 bits per heavy atom. The summed E-state index contributed by atoms with van der Waals surface area (Å²) in [6.45, 7) is 0. The molecular formula is C19H17N3O4S2. The summed E-state index contributed by atoms with van der Waals surface area (Å²) in [5.74, 6) is 0.132. The van der Waals surface area contributed by atoms with E-state index >= 15 is 0 Å². The quantitative estimate of drug-likeness (QED) is 0.457. The van der Waals surface area contributed by atoms with Gasteiger partial charge < -0.3 is 4.74 Å². The number of nitrogens with zero attached hydrogens (tertiary/aromatic N) is 1. The third kappa shape index (κ3) is 4.76. The van der Waals surface area contributed by atoms with Gasteiger partial charge in [-0.3, -0.25) is 9.52 Å². The number of nitrogens with one attached hydrogen (secondary N) is 2. The van der Waals surface area contributed by atoms with Crippen molar-refractivity contribution in [3.05, 3.63) is 77.2 Å². The van der Waals surface area contributed by atoms with Gasteiger partial charge in [-0.2, -0.15) is 5.10 Å². The van der Waals surface area contributed by atoms with E-state index in [0.717, 1.165) is 16.9 Å². The van der Waals surface area contributed by atoms with Crippen molar-refractivity contribution in [3.8, 4) is 5.75 Å². The maximum atomic E-state index is 12.5. The van der Waals surface area contributed by atoms with Crippen molar-refractivity contribution < 1.29 is 17.9 Å². The number of rotatable bonds is 7. The van der Waals surface area contributed by atoms with E-state index in [2.05, 4.69) is 15.2 Å². The Bertz CT molecular complexity index is 1090. The first-order chi connectivity index (χ1) is 13.5. The Labute approximate surface area is 166 Å². The molecule has 1 amide bonds. The Morgan fingerprint density at radius 2 is 1.93 bits per heavy atom. The first-order valence-corrected chi connectivity index (χ1v) is 10.5. The lowest BCUT2D eigenvalue weighted by Gasteiger charge is -2.10. The number of anilines is 1. The standard InChI is InChI=1S/C19H17N3O4S2/c1-26-15-7-4-6-14(12-15)13-20-21-19(23)16-8-2-3-9-17(16)22-28(24,25)18-10-5-11-27-18/h2-13,22H,1H3,(H,21,23). The van der Waals surface area contributed by atoms with Gasteiger partial charge in [-0.05, 0) is 41.3 Å². The van der Waals surface area contributed by atoms with Crippen molar-refractivity contribution in [3.63, 3.8) is 0 Å². The SMILES string of the molecule is COc1cccc(C=NNC(=O)c2ccccc2NS(=O)(=O)c2cccs2)c1. The zero-order valence-corrected chi connectivity index (χ0v) is 16.5. The normalized spacial score (nSPS) is 11.3. The highest BCUT2D eigenvalue weighted by Crippen LogP contribution is 2.22. The summed E-state index contributed by atoms with van der Waals surface area (Å²) in [4.78, 5) is 12.5. The highest BCUT2D eigenvalue weighted by Gasteiger charge is 2.19. The van der Waals surface area contributed by atoms with E-state index < -0.39 is 15.9 Å². The molecule has 0 atom stereocenters. The molecule has 3 rings (SSSR count). The largest absolute Gasteiger partial charge is 0.497 e. The number of methoxy groups -OCH3 is 1. The van der Waals surface area contributed by atoms with E-state index in [1.807, 2.05) is 0 Å². The fourth-order valence-electron chi connectivity index (χ4n) is 2.33. The van der Waals surface area contributed by atoms with Crippen LogP contribution in [0.15, 0.2) is 75.4 Å². The van der Waals surface area contributed by atoms with E-state index in [1.165, 1.54) is 24.4 Å². The van der Waals surface area contributed by atoms with Crippen LogP contribution in [0.5, 0.6) is 5.75 Å². The van der Waals surface area contributed by atoms with Gasteiger partial charge in [0.05, 0.1) is 24.6 Å². The van der Waals surface area contributed by atoms with Gasteiger partial charge in [-0.1, -0.05) is 30.3 Å². The van der Waals surface area contributed by atoms with Gasteiger partial charge in [-0.15, -0.1) is 11.3 Å². The predicted octanol–water partition coefficient (Wildman–Crippen LogP) is 3.32. The van der Waals surface area contributed by atoms with Crippen molar-refractivity contribution in [2.24, 2.45) is 5.10 Å². The topological polar surface area (TPSA) is 96.9 Å². The van der Waals surface area contributed by atoms with Gasteiger partial charge in [0.25, 0.3) is 15.9 Å². The number of benzene rings is 2. The zero-order valence-electron chi connectivity index (χ0n) is 14.8. The second-order valence-electron chi connectivity index (χ2n) is 5.56. The molecule has 1 aromatic heterocycles. The number of carbonyl (C=O) groups excluding carboxylic acids is 1. The highest BCUT2D eigenvalue weighted by molar-refractivity contribution is 7.94. The molecule has 9 heteroatoms. The van der Waals surface area contributed by atoms with E-state index in [1.54, 1.807) is 55.0 Å². The predicted molar refractivity (Wildman–Crippen MR) is 110 cm³/mol. The summed E-state index contributed by atoms with van der Waals surface area (Å²) in [7, 11) is -2.20. The minimum Gasteiger partial charge on any atom is -0.497 e. The number of ether oxygens (including phenoxy) is 1. The first kappa shape index (κ1) is 19.6. The first-order valence-electron chi connectivity index (χ1n) is 8.12. The molecule has 0 aliphatic heterocycles. The third-order valence-corrected chi connectivity index (χ3v) is 6.41. The Hall–Kier alpha value is -3.17. The number of hydrogen-bond acceptors (Lipinski definition) is 6. The molecule has 28 heavy (non-hydrogen) atoms. The molecule has 0 radical (unpaired) electrons. The average Bonchev–Trinajstić information content (AvgIpc) is 3.24. The lowest BCUT2D eigenvalue weighted by molar-refractivity contribution is 0.0956. The van der Waals surface area contributed by atoms with Gasteiger partial charge >= 0.3 is 0 Å². The minimum atomic E-state index is -3.76. The molecule has 144 valence electrons. The van der Waals surface area contributed by atoms with Crippen LogP contribution in [0.2, 0.25) is 0 Å². The Kier molecular flexibility index (Phi) is 6.07. The van der Waals surface area contributed by atoms with Gasteiger partial charge in [0, 0.05) is 0 Å². The van der Waals surface area contributed by atoms with Crippen LogP contribution in [-0.4, -0.2) is 27.6 Å². The second kappa shape index (κ2) is 8.68. The number of amides is 1. The van der Waals surface area contributed by atoms with Crippen molar-refractivity contribution in [2.75, 3.05) is 11.8 Å². The summed E-state index contributed by atoms with van der Waals surface area (Å²) in [5.41, 5.74) is 3.47. The number of hydrogen-bond donors (Lipinski definition) is 2. The number of para-hydroxylation sites is 1. The molecule has 0 unspecified atom stereocenters. The van der Waals surface area contributed by atoms with Crippen LogP contribution in [0.25, 0.3) is 0 Å². The molecule has 0 bridgehead atoms. The van der Waals surface area contributed by atoms with E-state index in [0.29, 0.717) is 5.75 Å². The van der Waals surface area contributed by atoms with E-state index in [-0.39, 0.29) is 15.5 Å². The van der Waals surface area contributed by atoms with Crippen molar-refractivity contribution >= 4 is 39.2 Å². The molecule has 0 aliphatic rings. The fourth-order valence-corrected chi connectivity index (χ4v) is 4.40. The van der Waals surface area contributed by atoms with Crippen LogP contribution in [0, 0.1) is 0 Å². The number of hydrazone groups is 1. The third-order valence-electron chi connectivity index (χ3n) is 3.65. The molecule has 2 N–H and O–H groups in total. The minimum absolute atomic E-state index is 0.158. The van der Waals surface area contributed by atoms with Gasteiger partial charge in [0.1, 0.15) is 9.96 Å².